The molecule has 2 aromatic carbocycles. The van der Waals surface area contributed by atoms with Crippen LogP contribution in [-0.2, 0) is 9.59 Å². The van der Waals surface area contributed by atoms with E-state index in [0.29, 0.717) is 52.4 Å². The van der Waals surface area contributed by atoms with E-state index in [1.54, 1.807) is 43.3 Å². The van der Waals surface area contributed by atoms with Crippen LogP contribution in [0.5, 0.6) is 11.5 Å². The van der Waals surface area contributed by atoms with Gasteiger partial charge in [0.25, 0.3) is 5.78 Å². The first kappa shape index (κ1) is 23.6. The Hall–Kier alpha value is -4.11. The van der Waals surface area contributed by atoms with Gasteiger partial charge in [0.1, 0.15) is 34.8 Å². The average molecular weight is 505 g/mol. The fourth-order valence-electron chi connectivity index (χ4n) is 4.18. The summed E-state index contributed by atoms with van der Waals surface area (Å²) in [5, 5.41) is 11.6. The number of anilines is 1. The van der Waals surface area contributed by atoms with Gasteiger partial charge in [0.2, 0.25) is 0 Å². The SMILES string of the molecule is CCOc1ccc(C(O)=C2C(=O)C(=O)N(c3nc4ccc(OCC)cc4s3)C2c2ccc(C)o2)cc1. The van der Waals surface area contributed by atoms with Crippen LogP contribution in [0.25, 0.3) is 16.0 Å². The van der Waals surface area contributed by atoms with Gasteiger partial charge in [-0.1, -0.05) is 11.3 Å². The summed E-state index contributed by atoms with van der Waals surface area (Å²) in [5.41, 5.74) is 0.990. The summed E-state index contributed by atoms with van der Waals surface area (Å²) in [6.45, 7) is 6.57. The van der Waals surface area contributed by atoms with Crippen LogP contribution >= 0.6 is 11.3 Å². The molecule has 8 nitrogen and oxygen atoms in total. The monoisotopic (exact) mass is 504 g/mol. The quantitative estimate of drug-likeness (QED) is 0.198. The van der Waals surface area contributed by atoms with Crippen molar-refractivity contribution in [2.75, 3.05) is 18.1 Å². The molecule has 1 unspecified atom stereocenters. The fraction of sp³-hybridized carbons (Fsp3) is 0.222. The highest BCUT2D eigenvalue weighted by Crippen LogP contribution is 2.45. The van der Waals surface area contributed by atoms with E-state index < -0.39 is 17.7 Å². The third-order valence-corrected chi connectivity index (χ3v) is 6.80. The van der Waals surface area contributed by atoms with Crippen molar-refractivity contribution in [3.05, 3.63) is 77.3 Å². The number of carbonyl (C=O) groups is 2. The number of rotatable bonds is 7. The van der Waals surface area contributed by atoms with E-state index in [2.05, 4.69) is 4.98 Å². The number of aliphatic hydroxyl groups is 1. The summed E-state index contributed by atoms with van der Waals surface area (Å²) in [5.74, 6) is 0.401. The number of hydrogen-bond donors (Lipinski definition) is 1. The van der Waals surface area contributed by atoms with Crippen molar-refractivity contribution in [3.8, 4) is 11.5 Å². The van der Waals surface area contributed by atoms with E-state index in [4.69, 9.17) is 13.9 Å². The zero-order chi connectivity index (χ0) is 25.4. The third-order valence-electron chi connectivity index (χ3n) is 5.78. The molecule has 5 rings (SSSR count). The first-order chi connectivity index (χ1) is 17.4. The van der Waals surface area contributed by atoms with Gasteiger partial charge >= 0.3 is 5.91 Å². The van der Waals surface area contributed by atoms with Crippen molar-refractivity contribution in [2.45, 2.75) is 26.8 Å². The maximum Gasteiger partial charge on any atom is 0.302 e. The Morgan fingerprint density at radius 1 is 1.03 bits per heavy atom. The van der Waals surface area contributed by atoms with Crippen molar-refractivity contribution in [1.29, 1.82) is 0 Å². The van der Waals surface area contributed by atoms with E-state index in [-0.39, 0.29) is 11.3 Å². The predicted molar refractivity (Wildman–Crippen MR) is 137 cm³/mol. The number of ether oxygens (including phenoxy) is 2. The van der Waals surface area contributed by atoms with Gasteiger partial charge < -0.3 is 19.0 Å². The lowest BCUT2D eigenvalue weighted by Gasteiger charge is -2.20. The van der Waals surface area contributed by atoms with Crippen LogP contribution in [0, 0.1) is 6.92 Å². The maximum absolute atomic E-state index is 13.3. The highest BCUT2D eigenvalue weighted by atomic mass is 32.1. The summed E-state index contributed by atoms with van der Waals surface area (Å²) >= 11 is 1.26. The maximum atomic E-state index is 13.3. The molecule has 0 aliphatic carbocycles. The molecule has 0 saturated carbocycles. The minimum absolute atomic E-state index is 0.0622. The second-order valence-electron chi connectivity index (χ2n) is 8.13. The van der Waals surface area contributed by atoms with Crippen LogP contribution in [-0.4, -0.2) is 35.0 Å². The Labute approximate surface area is 211 Å². The van der Waals surface area contributed by atoms with Gasteiger partial charge in [-0.3, -0.25) is 14.5 Å². The number of Topliss-reactive ketones (excluding diaryl/α,β-unsaturated/α-hetero) is 1. The number of aryl methyl sites for hydroxylation is 1. The lowest BCUT2D eigenvalue weighted by atomic mass is 9.99. The van der Waals surface area contributed by atoms with Crippen LogP contribution in [0.1, 0.15) is 37.0 Å². The van der Waals surface area contributed by atoms with E-state index in [0.717, 1.165) is 4.70 Å². The van der Waals surface area contributed by atoms with E-state index in [9.17, 15) is 14.7 Å². The number of carbonyl (C=O) groups excluding carboxylic acids is 2. The van der Waals surface area contributed by atoms with Gasteiger partial charge in [-0.2, -0.15) is 0 Å². The van der Waals surface area contributed by atoms with Gasteiger partial charge in [-0.25, -0.2) is 4.98 Å². The number of aliphatic hydroxyl groups excluding tert-OH is 1. The van der Waals surface area contributed by atoms with E-state index in [1.807, 2.05) is 32.0 Å². The number of nitrogens with zero attached hydrogens (tertiary/aromatic N) is 2. The van der Waals surface area contributed by atoms with Crippen LogP contribution in [0.3, 0.4) is 0 Å². The molecule has 184 valence electrons. The number of benzene rings is 2. The third kappa shape index (κ3) is 4.11. The second-order valence-corrected chi connectivity index (χ2v) is 9.14. The molecule has 0 spiro atoms. The fourth-order valence-corrected chi connectivity index (χ4v) is 5.20. The lowest BCUT2D eigenvalue weighted by Crippen LogP contribution is -2.29. The lowest BCUT2D eigenvalue weighted by molar-refractivity contribution is -0.132. The van der Waals surface area contributed by atoms with Crippen LogP contribution < -0.4 is 14.4 Å². The second kappa shape index (κ2) is 9.50. The molecule has 0 radical (unpaired) electrons. The van der Waals surface area contributed by atoms with Gasteiger partial charge in [0, 0.05) is 5.56 Å². The van der Waals surface area contributed by atoms with Crippen LogP contribution in [0.2, 0.25) is 0 Å². The Kier molecular flexibility index (Phi) is 6.24. The molecule has 1 saturated heterocycles. The Balaban J connectivity index is 1.64. The molecule has 1 N–H and O–H groups in total. The highest BCUT2D eigenvalue weighted by Gasteiger charge is 2.49. The molecular formula is C27H24N2O6S. The summed E-state index contributed by atoms with van der Waals surface area (Å²) in [7, 11) is 0. The number of aromatic nitrogens is 1. The van der Waals surface area contributed by atoms with E-state index in [1.165, 1.54) is 16.2 Å². The van der Waals surface area contributed by atoms with Crippen molar-refractivity contribution < 1.29 is 28.6 Å². The number of hydrogen-bond acceptors (Lipinski definition) is 8. The molecule has 1 amide bonds. The first-order valence-corrected chi connectivity index (χ1v) is 12.4. The Morgan fingerprint density at radius 2 is 1.72 bits per heavy atom. The minimum Gasteiger partial charge on any atom is -0.507 e. The highest BCUT2D eigenvalue weighted by molar-refractivity contribution is 7.22. The summed E-state index contributed by atoms with van der Waals surface area (Å²) < 4.78 is 17.7. The summed E-state index contributed by atoms with van der Waals surface area (Å²) in [6.07, 6.45) is 0. The molecule has 1 aliphatic rings. The van der Waals surface area contributed by atoms with E-state index >= 15 is 0 Å². The zero-order valence-electron chi connectivity index (χ0n) is 20.0. The number of fused-ring (bicyclic) bond motifs is 1. The average Bonchev–Trinajstić information content (AvgIpc) is 3.55. The van der Waals surface area contributed by atoms with Crippen molar-refractivity contribution in [2.24, 2.45) is 0 Å². The van der Waals surface area contributed by atoms with Gasteiger partial charge in [-0.05, 0) is 75.4 Å². The minimum atomic E-state index is -0.975. The molecule has 2 aromatic heterocycles. The number of furan rings is 1. The standard InChI is InChI=1S/C27H24N2O6S/c1-4-33-17-9-7-16(8-10-17)24(30)22-23(20-13-6-15(3)35-20)29(26(32)25(22)31)27-28-19-12-11-18(34-5-2)14-21(19)36-27/h6-14,23,30H,4-5H2,1-3H3. The molecule has 36 heavy (non-hydrogen) atoms. The topological polar surface area (TPSA) is 102 Å². The molecule has 4 aromatic rings. The zero-order valence-corrected chi connectivity index (χ0v) is 20.8. The Bertz CT molecular complexity index is 1480. The predicted octanol–water partition coefficient (Wildman–Crippen LogP) is 5.62. The molecule has 1 aliphatic heterocycles. The smallest absolute Gasteiger partial charge is 0.302 e. The molecule has 1 fully saturated rings. The van der Waals surface area contributed by atoms with Crippen molar-refractivity contribution in [1.82, 2.24) is 4.98 Å². The molecule has 3 heterocycles. The molecule has 0 bridgehead atoms. The molecule has 1 atom stereocenters. The van der Waals surface area contributed by atoms with Gasteiger partial charge in [0.05, 0.1) is 29.0 Å². The first-order valence-electron chi connectivity index (χ1n) is 11.5. The summed E-state index contributed by atoms with van der Waals surface area (Å²) in [6, 6.07) is 14.6. The van der Waals surface area contributed by atoms with Crippen LogP contribution in [0.15, 0.2) is 64.6 Å². The number of amides is 1. The van der Waals surface area contributed by atoms with Gasteiger partial charge in [0.15, 0.2) is 5.13 Å². The summed E-state index contributed by atoms with van der Waals surface area (Å²) in [4.78, 5) is 32.6. The van der Waals surface area contributed by atoms with Crippen molar-refractivity contribution >= 4 is 44.1 Å². The Morgan fingerprint density at radius 3 is 2.39 bits per heavy atom. The van der Waals surface area contributed by atoms with Crippen molar-refractivity contribution in [3.63, 3.8) is 0 Å². The molecule has 9 heteroatoms. The normalized spacial score (nSPS) is 17.2. The van der Waals surface area contributed by atoms with Crippen LogP contribution in [0.4, 0.5) is 5.13 Å². The number of ketones is 1. The van der Waals surface area contributed by atoms with Gasteiger partial charge in [-0.15, -0.1) is 0 Å². The number of thiazole rings is 1. The molecular weight excluding hydrogens is 480 g/mol. The largest absolute Gasteiger partial charge is 0.507 e.